The minimum Gasteiger partial charge on any atom is -0.330 e. The Bertz CT molecular complexity index is 288. The second-order valence-corrected chi connectivity index (χ2v) is 3.87. The molecule has 0 radical (unpaired) electrons. The van der Waals surface area contributed by atoms with Crippen LogP contribution in [0.2, 0.25) is 0 Å². The van der Waals surface area contributed by atoms with Gasteiger partial charge in [0.05, 0.1) is 0 Å². The quantitative estimate of drug-likeness (QED) is 0.737. The predicted molar refractivity (Wildman–Crippen MR) is 50.1 cm³/mol. The van der Waals surface area contributed by atoms with E-state index in [0.29, 0.717) is 5.41 Å². The van der Waals surface area contributed by atoms with Gasteiger partial charge in [0, 0.05) is 13.0 Å². The first-order valence-electron chi connectivity index (χ1n) is 4.86. The first kappa shape index (κ1) is 8.69. The van der Waals surface area contributed by atoms with E-state index in [0.717, 1.165) is 25.3 Å². The minimum atomic E-state index is 0.361. The first-order valence-corrected chi connectivity index (χ1v) is 4.86. The highest BCUT2D eigenvalue weighted by molar-refractivity contribution is 5.02. The van der Waals surface area contributed by atoms with Gasteiger partial charge in [0.2, 0.25) is 0 Å². The van der Waals surface area contributed by atoms with Gasteiger partial charge in [-0.15, -0.1) is 0 Å². The van der Waals surface area contributed by atoms with Crippen molar-refractivity contribution >= 4 is 0 Å². The van der Waals surface area contributed by atoms with Gasteiger partial charge in [0.1, 0.15) is 12.2 Å². The molecule has 0 atom stereocenters. The zero-order chi connectivity index (χ0) is 9.31. The van der Waals surface area contributed by atoms with Crippen molar-refractivity contribution in [2.24, 2.45) is 11.1 Å². The zero-order valence-corrected chi connectivity index (χ0v) is 8.03. The first-order chi connectivity index (χ1) is 6.29. The summed E-state index contributed by atoms with van der Waals surface area (Å²) in [6, 6.07) is 0. The summed E-state index contributed by atoms with van der Waals surface area (Å²) in [5, 5.41) is 4.15. The summed E-state index contributed by atoms with van der Waals surface area (Å²) in [4.78, 5) is 4.26. The lowest BCUT2D eigenvalue weighted by atomic mass is 10.0. The molecule has 2 rings (SSSR count). The molecule has 1 saturated carbocycles. The van der Waals surface area contributed by atoms with Gasteiger partial charge in [-0.1, -0.05) is 0 Å². The topological polar surface area (TPSA) is 56.7 Å². The molecule has 0 bridgehead atoms. The predicted octanol–water partition coefficient (Wildman–Crippen LogP) is 0.579. The number of rotatable bonds is 4. The Morgan fingerprint density at radius 2 is 2.38 bits per heavy atom. The van der Waals surface area contributed by atoms with Crippen molar-refractivity contribution in [1.82, 2.24) is 14.8 Å². The van der Waals surface area contributed by atoms with Crippen molar-refractivity contribution in [3.63, 3.8) is 0 Å². The van der Waals surface area contributed by atoms with E-state index in [1.165, 1.54) is 12.8 Å². The third-order valence-electron chi connectivity index (χ3n) is 2.92. The number of hydrogen-bond donors (Lipinski definition) is 1. The van der Waals surface area contributed by atoms with Crippen LogP contribution < -0.4 is 5.73 Å². The highest BCUT2D eigenvalue weighted by Crippen LogP contribution is 2.46. The highest BCUT2D eigenvalue weighted by atomic mass is 15.3. The molecule has 72 valence electrons. The summed E-state index contributed by atoms with van der Waals surface area (Å²) >= 11 is 0. The fourth-order valence-corrected chi connectivity index (χ4v) is 1.65. The van der Waals surface area contributed by atoms with Crippen LogP contribution in [-0.2, 0) is 13.0 Å². The van der Waals surface area contributed by atoms with Crippen molar-refractivity contribution in [2.75, 3.05) is 6.54 Å². The average Bonchev–Trinajstić information content (AvgIpc) is 2.78. The Balaban J connectivity index is 2.09. The molecule has 1 aliphatic rings. The Morgan fingerprint density at radius 1 is 1.62 bits per heavy atom. The third-order valence-corrected chi connectivity index (χ3v) is 2.92. The van der Waals surface area contributed by atoms with Crippen molar-refractivity contribution < 1.29 is 0 Å². The van der Waals surface area contributed by atoms with Gasteiger partial charge in [-0.25, -0.2) is 4.98 Å². The largest absolute Gasteiger partial charge is 0.330 e. The number of aromatic nitrogens is 3. The van der Waals surface area contributed by atoms with Crippen LogP contribution in [0, 0.1) is 5.41 Å². The fourth-order valence-electron chi connectivity index (χ4n) is 1.65. The summed E-state index contributed by atoms with van der Waals surface area (Å²) in [6.07, 6.45) is 5.13. The lowest BCUT2D eigenvalue weighted by molar-refractivity contribution is 0.479. The van der Waals surface area contributed by atoms with Gasteiger partial charge >= 0.3 is 0 Å². The van der Waals surface area contributed by atoms with Crippen LogP contribution in [0.1, 0.15) is 25.6 Å². The Labute approximate surface area is 78.1 Å². The van der Waals surface area contributed by atoms with Gasteiger partial charge in [-0.05, 0) is 31.7 Å². The standard InChI is InChI=1S/C9H16N4/c1-2-13-8(11-7-12-13)5-9(6-10)3-4-9/h7H,2-6,10H2,1H3. The van der Waals surface area contributed by atoms with E-state index < -0.39 is 0 Å². The molecule has 0 saturated heterocycles. The summed E-state index contributed by atoms with van der Waals surface area (Å²) < 4.78 is 1.95. The van der Waals surface area contributed by atoms with Crippen molar-refractivity contribution in [3.8, 4) is 0 Å². The SMILES string of the molecule is CCn1ncnc1CC1(CN)CC1. The molecule has 4 nitrogen and oxygen atoms in total. The molecule has 1 aromatic rings. The third kappa shape index (κ3) is 1.58. The lowest BCUT2D eigenvalue weighted by Gasteiger charge is -2.11. The van der Waals surface area contributed by atoms with Gasteiger partial charge in [-0.3, -0.25) is 4.68 Å². The van der Waals surface area contributed by atoms with Crippen LogP contribution in [0.25, 0.3) is 0 Å². The molecule has 1 aromatic heterocycles. The van der Waals surface area contributed by atoms with Crippen molar-refractivity contribution in [1.29, 1.82) is 0 Å². The van der Waals surface area contributed by atoms with Crippen LogP contribution in [0.4, 0.5) is 0 Å². The zero-order valence-electron chi connectivity index (χ0n) is 8.03. The number of aryl methyl sites for hydroxylation is 1. The maximum absolute atomic E-state index is 5.72. The number of nitrogens with two attached hydrogens (primary N) is 1. The molecule has 1 fully saturated rings. The molecule has 2 N–H and O–H groups in total. The molecule has 1 aliphatic carbocycles. The summed E-state index contributed by atoms with van der Waals surface area (Å²) in [5.41, 5.74) is 6.08. The second-order valence-electron chi connectivity index (χ2n) is 3.87. The van der Waals surface area contributed by atoms with E-state index in [-0.39, 0.29) is 0 Å². The Kier molecular flexibility index (Phi) is 2.07. The molecule has 4 heteroatoms. The van der Waals surface area contributed by atoms with Crippen LogP contribution >= 0.6 is 0 Å². The van der Waals surface area contributed by atoms with Gasteiger partial charge in [0.15, 0.2) is 0 Å². The summed E-state index contributed by atoms with van der Waals surface area (Å²) in [6.45, 7) is 3.76. The van der Waals surface area contributed by atoms with E-state index in [4.69, 9.17) is 5.73 Å². The highest BCUT2D eigenvalue weighted by Gasteiger charge is 2.42. The second kappa shape index (κ2) is 3.10. The minimum absolute atomic E-state index is 0.361. The molecular weight excluding hydrogens is 164 g/mol. The van der Waals surface area contributed by atoms with Crippen molar-refractivity contribution in [2.45, 2.75) is 32.7 Å². The van der Waals surface area contributed by atoms with Crippen molar-refractivity contribution in [3.05, 3.63) is 12.2 Å². The molecule has 0 aromatic carbocycles. The van der Waals surface area contributed by atoms with Crippen LogP contribution in [0.3, 0.4) is 0 Å². The van der Waals surface area contributed by atoms with E-state index >= 15 is 0 Å². The smallest absolute Gasteiger partial charge is 0.138 e. The van der Waals surface area contributed by atoms with Gasteiger partial charge in [-0.2, -0.15) is 5.10 Å². The molecule has 13 heavy (non-hydrogen) atoms. The van der Waals surface area contributed by atoms with Gasteiger partial charge < -0.3 is 5.73 Å². The van der Waals surface area contributed by atoms with Crippen LogP contribution in [0.15, 0.2) is 6.33 Å². The van der Waals surface area contributed by atoms with E-state index in [1.807, 2.05) is 4.68 Å². The molecule has 0 amide bonds. The van der Waals surface area contributed by atoms with E-state index in [9.17, 15) is 0 Å². The molecule has 0 spiro atoms. The normalized spacial score (nSPS) is 18.9. The lowest BCUT2D eigenvalue weighted by Crippen LogP contribution is -2.20. The van der Waals surface area contributed by atoms with Crippen LogP contribution in [0.5, 0.6) is 0 Å². The maximum Gasteiger partial charge on any atom is 0.138 e. The molecule has 1 heterocycles. The van der Waals surface area contributed by atoms with Gasteiger partial charge in [0.25, 0.3) is 0 Å². The Morgan fingerprint density at radius 3 is 2.92 bits per heavy atom. The molecule has 0 aliphatic heterocycles. The number of nitrogens with zero attached hydrogens (tertiary/aromatic N) is 3. The van der Waals surface area contributed by atoms with E-state index in [2.05, 4.69) is 17.0 Å². The number of hydrogen-bond acceptors (Lipinski definition) is 3. The maximum atomic E-state index is 5.72. The monoisotopic (exact) mass is 180 g/mol. The van der Waals surface area contributed by atoms with E-state index in [1.54, 1.807) is 6.33 Å². The summed E-state index contributed by atoms with van der Waals surface area (Å²) in [7, 11) is 0. The Hall–Kier alpha value is -0.900. The molecular formula is C9H16N4. The fraction of sp³-hybridized carbons (Fsp3) is 0.778. The molecule has 0 unspecified atom stereocenters. The van der Waals surface area contributed by atoms with Crippen LogP contribution in [-0.4, -0.2) is 21.3 Å². The average molecular weight is 180 g/mol. The summed E-state index contributed by atoms with van der Waals surface area (Å²) in [5.74, 6) is 1.09.